The quantitative estimate of drug-likeness (QED) is 0.442. The van der Waals surface area contributed by atoms with Gasteiger partial charge >= 0.3 is 6.18 Å². The van der Waals surface area contributed by atoms with Crippen LogP contribution in [-0.2, 0) is 15.8 Å². The van der Waals surface area contributed by atoms with Crippen LogP contribution in [0.2, 0.25) is 0 Å². The monoisotopic (exact) mass is 602 g/mol. The van der Waals surface area contributed by atoms with Crippen LogP contribution in [0.15, 0.2) is 30.5 Å². The van der Waals surface area contributed by atoms with Crippen molar-refractivity contribution in [2.24, 2.45) is 5.92 Å². The van der Waals surface area contributed by atoms with E-state index in [9.17, 15) is 27.6 Å². The Bertz CT molecular complexity index is 1330. The molecule has 3 amide bonds. The number of benzene rings is 1. The molecule has 43 heavy (non-hydrogen) atoms. The highest BCUT2D eigenvalue weighted by molar-refractivity contribution is 5.94. The number of likely N-dealkylation sites (tertiary alicyclic amines) is 1. The average Bonchev–Trinajstić information content (AvgIpc) is 3.44. The van der Waals surface area contributed by atoms with Gasteiger partial charge in [0.25, 0.3) is 5.91 Å². The van der Waals surface area contributed by atoms with E-state index in [1.165, 1.54) is 4.90 Å². The average molecular weight is 603 g/mol. The van der Waals surface area contributed by atoms with Gasteiger partial charge in [-0.15, -0.1) is 0 Å². The third-order valence-corrected chi connectivity index (χ3v) is 8.54. The summed E-state index contributed by atoms with van der Waals surface area (Å²) in [6.07, 6.45) is -0.537. The van der Waals surface area contributed by atoms with Crippen LogP contribution >= 0.6 is 0 Å². The van der Waals surface area contributed by atoms with Crippen LogP contribution in [0.1, 0.15) is 48.0 Å². The molecule has 2 aliphatic heterocycles. The van der Waals surface area contributed by atoms with E-state index in [1.807, 2.05) is 0 Å². The first-order chi connectivity index (χ1) is 20.5. The van der Waals surface area contributed by atoms with Gasteiger partial charge in [0.1, 0.15) is 11.4 Å². The first-order valence-corrected chi connectivity index (χ1v) is 14.6. The topological polar surface area (TPSA) is 123 Å². The zero-order chi connectivity index (χ0) is 30.7. The summed E-state index contributed by atoms with van der Waals surface area (Å²) in [6, 6.07) is 6.23. The van der Waals surface area contributed by atoms with E-state index in [4.69, 9.17) is 0 Å². The van der Waals surface area contributed by atoms with Gasteiger partial charge < -0.3 is 30.7 Å². The number of carbonyl (C=O) groups excluding carboxylic acids is 3. The molecule has 2 aromatic rings. The van der Waals surface area contributed by atoms with Crippen molar-refractivity contribution in [1.29, 1.82) is 0 Å². The first-order valence-electron chi connectivity index (χ1n) is 14.6. The number of aromatic nitrogens is 2. The molecule has 0 unspecified atom stereocenters. The standard InChI is InChI=1S/C29H37F3N8O3/c1-38-13-10-20(11-14-38)39(2)26(42)18-6-8-19(9-7-18)35-28-34-16-22(29(30,31)32)25(37-28)36-23-5-3-4-21(23)27(43)40-15-12-33-24(41)17-40/h6-9,16,20-21,23H,3-5,10-15,17H2,1-2H3,(H,33,41)(H2,34,35,36,37)/t21-,23+/m0/s1. The molecule has 2 atom stereocenters. The third kappa shape index (κ3) is 7.17. The number of hydrogen-bond donors (Lipinski definition) is 3. The van der Waals surface area contributed by atoms with Gasteiger partial charge in [-0.2, -0.15) is 18.2 Å². The summed E-state index contributed by atoms with van der Waals surface area (Å²) in [6.45, 7) is 2.52. The van der Waals surface area contributed by atoms with Crippen LogP contribution in [0.4, 0.5) is 30.6 Å². The zero-order valence-corrected chi connectivity index (χ0v) is 24.3. The molecule has 232 valence electrons. The van der Waals surface area contributed by atoms with Gasteiger partial charge in [0, 0.05) is 49.7 Å². The van der Waals surface area contributed by atoms with Crippen molar-refractivity contribution in [3.63, 3.8) is 0 Å². The second kappa shape index (κ2) is 12.7. The van der Waals surface area contributed by atoms with Crippen molar-refractivity contribution in [2.45, 2.75) is 50.4 Å². The van der Waals surface area contributed by atoms with Gasteiger partial charge in [-0.05, 0) is 70.1 Å². The minimum absolute atomic E-state index is 0.0592. The Labute approximate surface area is 248 Å². The summed E-state index contributed by atoms with van der Waals surface area (Å²) in [5.41, 5.74) is -0.0290. The van der Waals surface area contributed by atoms with Crippen molar-refractivity contribution in [1.82, 2.24) is 30.0 Å². The SMILES string of the molecule is CN1CCC(N(C)C(=O)c2ccc(Nc3ncc(C(F)(F)F)c(N[C@@H]4CCC[C@@H]4C(=O)N4CCNC(=O)C4)n3)cc2)CC1. The summed E-state index contributed by atoms with van der Waals surface area (Å²) < 4.78 is 41.7. The Hall–Kier alpha value is -3.94. The molecule has 0 radical (unpaired) electrons. The number of nitrogens with one attached hydrogen (secondary N) is 3. The Morgan fingerprint density at radius 1 is 1.07 bits per heavy atom. The number of anilines is 3. The summed E-state index contributed by atoms with van der Waals surface area (Å²) in [5.74, 6) is -1.65. The van der Waals surface area contributed by atoms with Crippen molar-refractivity contribution in [3.05, 3.63) is 41.6 Å². The van der Waals surface area contributed by atoms with Gasteiger partial charge in [-0.25, -0.2) is 4.98 Å². The highest BCUT2D eigenvalue weighted by atomic mass is 19.4. The predicted molar refractivity (Wildman–Crippen MR) is 154 cm³/mol. The van der Waals surface area contributed by atoms with Crippen molar-refractivity contribution < 1.29 is 27.6 Å². The van der Waals surface area contributed by atoms with Crippen molar-refractivity contribution >= 4 is 35.2 Å². The third-order valence-electron chi connectivity index (χ3n) is 8.54. The molecule has 5 rings (SSSR count). The molecule has 3 heterocycles. The number of hydrogen-bond acceptors (Lipinski definition) is 8. The second-order valence-corrected chi connectivity index (χ2v) is 11.5. The maximum atomic E-state index is 13.9. The molecule has 1 saturated carbocycles. The number of alkyl halides is 3. The van der Waals surface area contributed by atoms with Gasteiger partial charge in [-0.1, -0.05) is 6.42 Å². The summed E-state index contributed by atoms with van der Waals surface area (Å²) in [5, 5.41) is 8.47. The molecular formula is C29H37F3N8O3. The fraction of sp³-hybridized carbons (Fsp3) is 0.552. The van der Waals surface area contributed by atoms with E-state index in [-0.39, 0.29) is 36.3 Å². The minimum atomic E-state index is -4.72. The number of halogens is 3. The Balaban J connectivity index is 1.28. The number of nitrogens with zero attached hydrogens (tertiary/aromatic N) is 5. The molecule has 0 spiro atoms. The van der Waals surface area contributed by atoms with Crippen molar-refractivity contribution in [2.75, 3.05) is 57.5 Å². The lowest BCUT2D eigenvalue weighted by molar-refractivity contribution is -0.141. The lowest BCUT2D eigenvalue weighted by atomic mass is 10.0. The number of amides is 3. The van der Waals surface area contributed by atoms with Crippen LogP contribution < -0.4 is 16.0 Å². The molecule has 11 nitrogen and oxygen atoms in total. The van der Waals surface area contributed by atoms with Gasteiger partial charge in [0.05, 0.1) is 12.5 Å². The fourth-order valence-corrected chi connectivity index (χ4v) is 6.00. The van der Waals surface area contributed by atoms with E-state index in [0.29, 0.717) is 49.8 Å². The normalized spacial score (nSPS) is 21.8. The second-order valence-electron chi connectivity index (χ2n) is 11.5. The molecule has 3 N–H and O–H groups in total. The lowest BCUT2D eigenvalue weighted by Gasteiger charge is -2.35. The highest BCUT2D eigenvalue weighted by Gasteiger charge is 2.40. The Morgan fingerprint density at radius 3 is 2.47 bits per heavy atom. The maximum Gasteiger partial charge on any atom is 0.421 e. The zero-order valence-electron chi connectivity index (χ0n) is 24.3. The predicted octanol–water partition coefficient (Wildman–Crippen LogP) is 2.94. The number of piperidine rings is 1. The van der Waals surface area contributed by atoms with Crippen molar-refractivity contribution in [3.8, 4) is 0 Å². The van der Waals surface area contributed by atoms with Gasteiger partial charge in [-0.3, -0.25) is 14.4 Å². The molecule has 14 heteroatoms. The van der Waals surface area contributed by atoms with Crippen LogP contribution in [0, 0.1) is 5.92 Å². The smallest absolute Gasteiger partial charge is 0.366 e. The molecule has 3 fully saturated rings. The molecule has 1 aliphatic carbocycles. The van der Waals surface area contributed by atoms with E-state index in [0.717, 1.165) is 25.9 Å². The van der Waals surface area contributed by atoms with Gasteiger partial charge in [0.15, 0.2) is 0 Å². The maximum absolute atomic E-state index is 13.9. The van der Waals surface area contributed by atoms with E-state index in [1.54, 1.807) is 36.2 Å². The largest absolute Gasteiger partial charge is 0.421 e. The molecule has 1 aromatic carbocycles. The fourth-order valence-electron chi connectivity index (χ4n) is 6.00. The summed E-state index contributed by atoms with van der Waals surface area (Å²) in [4.78, 5) is 51.5. The number of carbonyl (C=O) groups is 3. The lowest BCUT2D eigenvalue weighted by Crippen LogP contribution is -2.52. The summed E-state index contributed by atoms with van der Waals surface area (Å²) >= 11 is 0. The number of rotatable bonds is 7. The van der Waals surface area contributed by atoms with Gasteiger partial charge in [0.2, 0.25) is 17.8 Å². The molecule has 1 aromatic heterocycles. The van der Waals surface area contributed by atoms with E-state index < -0.39 is 29.5 Å². The molecule has 0 bridgehead atoms. The Morgan fingerprint density at radius 2 is 1.79 bits per heavy atom. The number of piperazine rings is 1. The molecule has 3 aliphatic rings. The van der Waals surface area contributed by atoms with E-state index >= 15 is 0 Å². The summed E-state index contributed by atoms with van der Waals surface area (Å²) in [7, 11) is 3.87. The van der Waals surface area contributed by atoms with Crippen LogP contribution in [0.25, 0.3) is 0 Å². The van der Waals surface area contributed by atoms with E-state index in [2.05, 4.69) is 37.9 Å². The van der Waals surface area contributed by atoms with Crippen LogP contribution in [-0.4, -0.2) is 101 Å². The Kier molecular flexibility index (Phi) is 9.04. The van der Waals surface area contributed by atoms with Crippen LogP contribution in [0.5, 0.6) is 0 Å². The highest BCUT2D eigenvalue weighted by Crippen LogP contribution is 2.37. The molecular weight excluding hydrogens is 565 g/mol. The van der Waals surface area contributed by atoms with Crippen LogP contribution in [0.3, 0.4) is 0 Å². The first kappa shape index (κ1) is 30.5. The minimum Gasteiger partial charge on any atom is -0.366 e. The molecule has 2 saturated heterocycles.